The Hall–Kier alpha value is -2.28. The Labute approximate surface area is 104 Å². The fourth-order valence-corrected chi connectivity index (χ4v) is 1.48. The molecule has 1 aromatic carbocycles. The third kappa shape index (κ3) is 3.36. The van der Waals surface area contributed by atoms with Crippen LogP contribution in [0.1, 0.15) is 17.0 Å². The summed E-state index contributed by atoms with van der Waals surface area (Å²) in [6.07, 6.45) is 0.322. The van der Waals surface area contributed by atoms with Gasteiger partial charge in [0.1, 0.15) is 0 Å². The topological polar surface area (TPSA) is 110 Å². The summed E-state index contributed by atoms with van der Waals surface area (Å²) in [6.45, 7) is 0.778. The number of amides is 1. The highest BCUT2D eigenvalue weighted by Crippen LogP contribution is 2.04. The molecule has 0 aliphatic heterocycles. The van der Waals surface area contributed by atoms with Crippen molar-refractivity contribution in [3.8, 4) is 0 Å². The number of carbonyl (C=O) groups excluding carboxylic acids is 1. The van der Waals surface area contributed by atoms with Gasteiger partial charge < -0.3 is 11.1 Å². The lowest BCUT2D eigenvalue weighted by atomic mass is 10.1. The van der Waals surface area contributed by atoms with Crippen molar-refractivity contribution in [1.29, 1.82) is 0 Å². The first kappa shape index (κ1) is 12.2. The summed E-state index contributed by atoms with van der Waals surface area (Å²) in [5, 5.41) is 15.9. The summed E-state index contributed by atoms with van der Waals surface area (Å²) in [5.41, 5.74) is 7.49. The lowest BCUT2D eigenvalue weighted by Gasteiger charge is -2.03. The van der Waals surface area contributed by atoms with E-state index in [1.54, 1.807) is 0 Å². The Morgan fingerprint density at radius 1 is 1.28 bits per heavy atom. The largest absolute Gasteiger partial charge is 0.348 e. The molecular formula is C11H14N6O. The Morgan fingerprint density at radius 2 is 2.00 bits per heavy atom. The molecule has 0 saturated carbocycles. The van der Waals surface area contributed by atoms with Crippen molar-refractivity contribution < 1.29 is 4.79 Å². The number of tetrazole rings is 1. The minimum Gasteiger partial charge on any atom is -0.348 e. The number of aromatic amines is 1. The fraction of sp³-hybridized carbons (Fsp3) is 0.273. The second-order valence-corrected chi connectivity index (χ2v) is 3.80. The van der Waals surface area contributed by atoms with Gasteiger partial charge in [-0.1, -0.05) is 29.5 Å². The van der Waals surface area contributed by atoms with E-state index in [4.69, 9.17) is 5.73 Å². The predicted molar refractivity (Wildman–Crippen MR) is 64.1 cm³/mol. The molecule has 0 aliphatic rings. The van der Waals surface area contributed by atoms with Crippen molar-refractivity contribution in [2.45, 2.75) is 19.5 Å². The molecule has 94 valence electrons. The second-order valence-electron chi connectivity index (χ2n) is 3.80. The Balaban J connectivity index is 1.83. The molecule has 7 heteroatoms. The molecule has 0 atom stereocenters. The van der Waals surface area contributed by atoms with Crippen molar-refractivity contribution in [3.05, 3.63) is 41.2 Å². The van der Waals surface area contributed by atoms with Crippen LogP contribution in [0.3, 0.4) is 0 Å². The molecule has 1 aromatic heterocycles. The molecule has 2 aromatic rings. The van der Waals surface area contributed by atoms with Gasteiger partial charge in [0.05, 0.1) is 13.0 Å². The zero-order valence-electron chi connectivity index (χ0n) is 9.76. The quantitative estimate of drug-likeness (QED) is 0.660. The van der Waals surface area contributed by atoms with Crippen LogP contribution in [0.4, 0.5) is 0 Å². The number of rotatable bonds is 5. The van der Waals surface area contributed by atoms with Crippen molar-refractivity contribution in [2.75, 3.05) is 0 Å². The summed E-state index contributed by atoms with van der Waals surface area (Å²) >= 11 is 0. The van der Waals surface area contributed by atoms with E-state index in [0.29, 0.717) is 18.8 Å². The fourth-order valence-electron chi connectivity index (χ4n) is 1.48. The van der Waals surface area contributed by atoms with Crippen LogP contribution >= 0.6 is 0 Å². The summed E-state index contributed by atoms with van der Waals surface area (Å²) in [6, 6.07) is 7.63. The average Bonchev–Trinajstić information content (AvgIpc) is 2.90. The van der Waals surface area contributed by atoms with E-state index in [1.807, 2.05) is 24.3 Å². The molecule has 0 unspecified atom stereocenters. The number of nitrogens with one attached hydrogen (secondary N) is 2. The maximum atomic E-state index is 11.6. The third-order valence-electron chi connectivity index (χ3n) is 2.46. The molecule has 2 rings (SSSR count). The van der Waals surface area contributed by atoms with Gasteiger partial charge >= 0.3 is 0 Å². The number of H-pyrrole nitrogens is 1. The normalized spacial score (nSPS) is 10.3. The molecule has 4 N–H and O–H groups in total. The number of benzene rings is 1. The number of hydrogen-bond acceptors (Lipinski definition) is 5. The minimum absolute atomic E-state index is 0.0831. The molecule has 1 heterocycles. The summed E-state index contributed by atoms with van der Waals surface area (Å²) in [7, 11) is 0. The summed E-state index contributed by atoms with van der Waals surface area (Å²) < 4.78 is 0. The van der Waals surface area contributed by atoms with Gasteiger partial charge in [0.15, 0.2) is 5.82 Å². The lowest BCUT2D eigenvalue weighted by Crippen LogP contribution is -2.25. The van der Waals surface area contributed by atoms with E-state index in [2.05, 4.69) is 25.9 Å². The molecule has 0 fully saturated rings. The number of nitrogens with zero attached hydrogens (tertiary/aromatic N) is 3. The van der Waals surface area contributed by atoms with Gasteiger partial charge in [-0.25, -0.2) is 0 Å². The Bertz CT molecular complexity index is 493. The molecule has 7 nitrogen and oxygen atoms in total. The van der Waals surface area contributed by atoms with Crippen LogP contribution in [0.15, 0.2) is 24.3 Å². The van der Waals surface area contributed by atoms with Crippen LogP contribution < -0.4 is 11.1 Å². The SMILES string of the molecule is NCc1ccc(CC(=O)NCc2nn[nH]n2)cc1. The van der Waals surface area contributed by atoms with Crippen LogP contribution in [-0.2, 0) is 24.3 Å². The molecular weight excluding hydrogens is 232 g/mol. The average molecular weight is 246 g/mol. The van der Waals surface area contributed by atoms with Gasteiger partial charge in [-0.05, 0) is 11.1 Å². The monoisotopic (exact) mass is 246 g/mol. The molecule has 0 spiro atoms. The first-order valence-electron chi connectivity index (χ1n) is 5.55. The summed E-state index contributed by atoms with van der Waals surface area (Å²) in [4.78, 5) is 11.6. The zero-order chi connectivity index (χ0) is 12.8. The van der Waals surface area contributed by atoms with Crippen molar-refractivity contribution >= 4 is 5.91 Å². The number of aromatic nitrogens is 4. The minimum atomic E-state index is -0.0831. The van der Waals surface area contributed by atoms with E-state index in [-0.39, 0.29) is 12.5 Å². The van der Waals surface area contributed by atoms with E-state index in [0.717, 1.165) is 11.1 Å². The van der Waals surface area contributed by atoms with E-state index in [1.165, 1.54) is 0 Å². The van der Waals surface area contributed by atoms with Crippen LogP contribution in [0.25, 0.3) is 0 Å². The number of hydrogen-bond donors (Lipinski definition) is 3. The number of carbonyl (C=O) groups is 1. The number of nitrogens with two attached hydrogens (primary N) is 1. The third-order valence-corrected chi connectivity index (χ3v) is 2.46. The van der Waals surface area contributed by atoms with Crippen molar-refractivity contribution in [3.63, 3.8) is 0 Å². The first-order chi connectivity index (χ1) is 8.78. The van der Waals surface area contributed by atoms with Crippen LogP contribution in [-0.4, -0.2) is 26.5 Å². The highest BCUT2D eigenvalue weighted by atomic mass is 16.1. The van der Waals surface area contributed by atoms with Crippen molar-refractivity contribution in [1.82, 2.24) is 25.9 Å². The van der Waals surface area contributed by atoms with Gasteiger partial charge in [-0.3, -0.25) is 4.79 Å². The second kappa shape index (κ2) is 5.87. The van der Waals surface area contributed by atoms with Crippen LogP contribution in [0.5, 0.6) is 0 Å². The van der Waals surface area contributed by atoms with Gasteiger partial charge in [0.25, 0.3) is 0 Å². The van der Waals surface area contributed by atoms with Gasteiger partial charge in [0.2, 0.25) is 5.91 Å². The summed E-state index contributed by atoms with van der Waals surface area (Å²) in [5.74, 6) is 0.377. The van der Waals surface area contributed by atoms with E-state index < -0.39 is 0 Å². The van der Waals surface area contributed by atoms with Crippen LogP contribution in [0, 0.1) is 0 Å². The smallest absolute Gasteiger partial charge is 0.224 e. The first-order valence-corrected chi connectivity index (χ1v) is 5.55. The molecule has 0 saturated heterocycles. The van der Waals surface area contributed by atoms with Crippen molar-refractivity contribution in [2.24, 2.45) is 5.73 Å². The zero-order valence-corrected chi connectivity index (χ0v) is 9.76. The highest BCUT2D eigenvalue weighted by Gasteiger charge is 2.05. The van der Waals surface area contributed by atoms with Crippen LogP contribution in [0.2, 0.25) is 0 Å². The predicted octanol–water partition coefficient (Wildman–Crippen LogP) is -0.483. The molecule has 0 aliphatic carbocycles. The Morgan fingerprint density at radius 3 is 2.61 bits per heavy atom. The molecule has 0 radical (unpaired) electrons. The van der Waals surface area contributed by atoms with E-state index >= 15 is 0 Å². The molecule has 18 heavy (non-hydrogen) atoms. The van der Waals surface area contributed by atoms with Gasteiger partial charge in [0, 0.05) is 6.54 Å². The van der Waals surface area contributed by atoms with Gasteiger partial charge in [-0.15, -0.1) is 10.2 Å². The lowest BCUT2D eigenvalue weighted by molar-refractivity contribution is -0.120. The maximum Gasteiger partial charge on any atom is 0.224 e. The maximum absolute atomic E-state index is 11.6. The molecule has 0 bridgehead atoms. The highest BCUT2D eigenvalue weighted by molar-refractivity contribution is 5.78. The molecule has 1 amide bonds. The van der Waals surface area contributed by atoms with Gasteiger partial charge in [-0.2, -0.15) is 5.21 Å². The standard InChI is InChI=1S/C11H14N6O/c12-6-9-3-1-8(2-4-9)5-11(18)13-7-10-14-16-17-15-10/h1-4H,5-7,12H2,(H,13,18)(H,14,15,16,17). The van der Waals surface area contributed by atoms with E-state index in [9.17, 15) is 4.79 Å². The Kier molecular flexibility index (Phi) is 3.98.